The minimum atomic E-state index is -4.51. The van der Waals surface area contributed by atoms with E-state index in [0.29, 0.717) is 0 Å². The Morgan fingerprint density at radius 3 is 2.24 bits per heavy atom. The second kappa shape index (κ2) is 6.45. The van der Waals surface area contributed by atoms with Gasteiger partial charge in [0.1, 0.15) is 11.8 Å². The highest BCUT2D eigenvalue weighted by molar-refractivity contribution is 7.85. The topological polar surface area (TPSA) is 164 Å². The molecule has 0 spiro atoms. The van der Waals surface area contributed by atoms with Crippen LogP contribution in [0.1, 0.15) is 6.42 Å². The smallest absolute Gasteiger partial charge is 0.267 e. The lowest BCUT2D eigenvalue weighted by Crippen LogP contribution is -2.49. The molecule has 1 atom stereocenters. The molecule has 0 saturated carbocycles. The first-order valence-corrected chi connectivity index (χ1v) is 7.28. The Balaban J connectivity index is 2.53. The number of primary amides is 1. The van der Waals surface area contributed by atoms with Crippen molar-refractivity contribution in [3.05, 3.63) is 12.2 Å². The fraction of sp³-hybridized carbons (Fsp3) is 0.400. The molecule has 4 amide bonds. The highest BCUT2D eigenvalue weighted by Gasteiger charge is 2.26. The summed E-state index contributed by atoms with van der Waals surface area (Å²) in [6, 6.07) is -1.60. The van der Waals surface area contributed by atoms with E-state index in [9.17, 15) is 27.6 Å². The highest BCUT2D eigenvalue weighted by Crippen LogP contribution is 2.04. The number of carbonyl (C=O) groups excluding carboxylic acids is 4. The van der Waals surface area contributed by atoms with Crippen molar-refractivity contribution in [3.63, 3.8) is 0 Å². The van der Waals surface area contributed by atoms with Crippen molar-refractivity contribution in [1.29, 1.82) is 0 Å². The van der Waals surface area contributed by atoms with Crippen LogP contribution >= 0.6 is 0 Å². The molecule has 116 valence electrons. The number of nitrogens with one attached hydrogen (secondary N) is 1. The first kappa shape index (κ1) is 16.8. The summed E-state index contributed by atoms with van der Waals surface area (Å²) in [5, 5.41) is 2.00. The molecule has 0 unspecified atom stereocenters. The lowest BCUT2D eigenvalue weighted by Gasteiger charge is -2.16. The standard InChI is InChI=1S/C10H13N3O7S/c11-10(17)6(5-21(18,19)20)12-7(14)3-4-13-8(15)1-2-9(13)16/h1-2,6H,3-5H2,(H2,11,17)(H,12,14)(H,18,19,20)/t6-/m0/s1. The lowest BCUT2D eigenvalue weighted by molar-refractivity contribution is -0.137. The zero-order valence-corrected chi connectivity index (χ0v) is 11.5. The largest absolute Gasteiger partial charge is 0.368 e. The van der Waals surface area contributed by atoms with Crippen molar-refractivity contribution in [1.82, 2.24) is 10.2 Å². The molecule has 11 heteroatoms. The molecular weight excluding hydrogens is 306 g/mol. The summed E-state index contributed by atoms with van der Waals surface area (Å²) >= 11 is 0. The number of rotatable bonds is 7. The van der Waals surface area contributed by atoms with Gasteiger partial charge in [0, 0.05) is 25.1 Å². The van der Waals surface area contributed by atoms with Crippen LogP contribution in [0.25, 0.3) is 0 Å². The maximum Gasteiger partial charge on any atom is 0.267 e. The average molecular weight is 319 g/mol. The second-order valence-corrected chi connectivity index (χ2v) is 5.68. The first-order chi connectivity index (χ1) is 9.60. The van der Waals surface area contributed by atoms with E-state index in [0.717, 1.165) is 17.1 Å². The van der Waals surface area contributed by atoms with Crippen LogP contribution in [0.4, 0.5) is 0 Å². The first-order valence-electron chi connectivity index (χ1n) is 5.67. The molecule has 10 nitrogen and oxygen atoms in total. The Morgan fingerprint density at radius 1 is 1.29 bits per heavy atom. The van der Waals surface area contributed by atoms with Crippen molar-refractivity contribution in [2.75, 3.05) is 12.3 Å². The average Bonchev–Trinajstić information content (AvgIpc) is 2.64. The van der Waals surface area contributed by atoms with Crippen LogP contribution in [0.15, 0.2) is 12.2 Å². The monoisotopic (exact) mass is 319 g/mol. The van der Waals surface area contributed by atoms with Crippen molar-refractivity contribution in [3.8, 4) is 0 Å². The van der Waals surface area contributed by atoms with E-state index in [1.807, 2.05) is 5.32 Å². The van der Waals surface area contributed by atoms with Gasteiger partial charge < -0.3 is 11.1 Å². The van der Waals surface area contributed by atoms with E-state index >= 15 is 0 Å². The van der Waals surface area contributed by atoms with Gasteiger partial charge in [-0.25, -0.2) is 0 Å². The summed E-state index contributed by atoms with van der Waals surface area (Å²) < 4.78 is 30.0. The molecule has 0 aromatic carbocycles. The Bertz CT molecular complexity index is 592. The number of hydrogen-bond acceptors (Lipinski definition) is 6. The van der Waals surface area contributed by atoms with Gasteiger partial charge in [-0.2, -0.15) is 8.42 Å². The molecule has 1 heterocycles. The fourth-order valence-electron chi connectivity index (χ4n) is 1.54. The number of amides is 4. The van der Waals surface area contributed by atoms with Crippen LogP contribution in [0.2, 0.25) is 0 Å². The summed E-state index contributed by atoms with van der Waals surface area (Å²) in [5.74, 6) is -4.14. The molecule has 0 bridgehead atoms. The van der Waals surface area contributed by atoms with Gasteiger partial charge in [0.25, 0.3) is 21.9 Å². The highest BCUT2D eigenvalue weighted by atomic mass is 32.2. The van der Waals surface area contributed by atoms with Crippen LogP contribution in [0.5, 0.6) is 0 Å². The van der Waals surface area contributed by atoms with Crippen LogP contribution in [-0.2, 0) is 29.3 Å². The third-order valence-corrected chi connectivity index (χ3v) is 3.27. The summed E-state index contributed by atoms with van der Waals surface area (Å²) in [6.07, 6.45) is 1.75. The van der Waals surface area contributed by atoms with E-state index < -0.39 is 45.5 Å². The van der Waals surface area contributed by atoms with Crippen LogP contribution in [0.3, 0.4) is 0 Å². The third kappa shape index (κ3) is 5.31. The fourth-order valence-corrected chi connectivity index (χ4v) is 2.21. The number of imide groups is 1. The number of carbonyl (C=O) groups is 4. The Morgan fingerprint density at radius 2 is 1.81 bits per heavy atom. The SMILES string of the molecule is NC(=O)[C@H](CS(=O)(=O)O)NC(=O)CCN1C(=O)C=CC1=O. The molecule has 21 heavy (non-hydrogen) atoms. The number of nitrogens with two attached hydrogens (primary N) is 1. The quantitative estimate of drug-likeness (QED) is 0.336. The van der Waals surface area contributed by atoms with Gasteiger partial charge in [0.05, 0.1) is 0 Å². The summed E-state index contributed by atoms with van der Waals surface area (Å²) in [6.45, 7) is -0.228. The molecular formula is C10H13N3O7S. The number of hydrogen-bond donors (Lipinski definition) is 3. The maximum absolute atomic E-state index is 11.5. The second-order valence-electron chi connectivity index (χ2n) is 4.18. The van der Waals surface area contributed by atoms with Crippen LogP contribution < -0.4 is 11.1 Å². The van der Waals surface area contributed by atoms with Crippen LogP contribution in [0, 0.1) is 0 Å². The van der Waals surface area contributed by atoms with Gasteiger partial charge in [-0.3, -0.25) is 28.6 Å². The van der Waals surface area contributed by atoms with Crippen molar-refractivity contribution in [2.24, 2.45) is 5.73 Å². The van der Waals surface area contributed by atoms with Gasteiger partial charge in [-0.15, -0.1) is 0 Å². The van der Waals surface area contributed by atoms with Gasteiger partial charge in [0.15, 0.2) is 0 Å². The molecule has 1 aliphatic heterocycles. The molecule has 1 rings (SSSR count). The zero-order valence-electron chi connectivity index (χ0n) is 10.7. The predicted octanol–water partition coefficient (Wildman–Crippen LogP) is -2.84. The van der Waals surface area contributed by atoms with Gasteiger partial charge in [-0.1, -0.05) is 0 Å². The Kier molecular flexibility index (Phi) is 5.16. The molecule has 0 saturated heterocycles. The Hall–Kier alpha value is -2.27. The van der Waals surface area contributed by atoms with Gasteiger partial charge in [-0.05, 0) is 0 Å². The van der Waals surface area contributed by atoms with Crippen molar-refractivity contribution < 1.29 is 32.1 Å². The summed E-state index contributed by atoms with van der Waals surface area (Å²) in [4.78, 5) is 45.8. The molecule has 0 aliphatic carbocycles. The molecule has 0 radical (unpaired) electrons. The summed E-state index contributed by atoms with van der Waals surface area (Å²) in [7, 11) is -4.51. The van der Waals surface area contributed by atoms with Gasteiger partial charge in [0.2, 0.25) is 11.8 Å². The van der Waals surface area contributed by atoms with E-state index in [2.05, 4.69) is 0 Å². The molecule has 0 aromatic rings. The van der Waals surface area contributed by atoms with Crippen molar-refractivity contribution in [2.45, 2.75) is 12.5 Å². The van der Waals surface area contributed by atoms with E-state index in [-0.39, 0.29) is 13.0 Å². The van der Waals surface area contributed by atoms with E-state index in [1.165, 1.54) is 0 Å². The Labute approximate surface area is 119 Å². The van der Waals surface area contributed by atoms with E-state index in [1.54, 1.807) is 0 Å². The normalized spacial score (nSPS) is 16.1. The zero-order chi connectivity index (χ0) is 16.2. The minimum Gasteiger partial charge on any atom is -0.368 e. The molecule has 1 aliphatic rings. The minimum absolute atomic E-state index is 0.228. The lowest BCUT2D eigenvalue weighted by atomic mass is 10.3. The van der Waals surface area contributed by atoms with Gasteiger partial charge >= 0.3 is 0 Å². The maximum atomic E-state index is 11.5. The summed E-state index contributed by atoms with van der Waals surface area (Å²) in [5.41, 5.74) is 4.90. The number of nitrogens with zero attached hydrogens (tertiary/aromatic N) is 1. The van der Waals surface area contributed by atoms with E-state index in [4.69, 9.17) is 10.3 Å². The third-order valence-electron chi connectivity index (χ3n) is 2.52. The molecule has 0 fully saturated rings. The van der Waals surface area contributed by atoms with Crippen molar-refractivity contribution >= 4 is 33.7 Å². The van der Waals surface area contributed by atoms with Crippen LogP contribution in [-0.4, -0.2) is 59.8 Å². The molecule has 0 aromatic heterocycles. The predicted molar refractivity (Wildman–Crippen MR) is 68.0 cm³/mol. The molecule has 4 N–H and O–H groups in total.